The predicted octanol–water partition coefficient (Wildman–Crippen LogP) is 4.31. The highest BCUT2D eigenvalue weighted by Crippen LogP contribution is 2.42. The van der Waals surface area contributed by atoms with Crippen LogP contribution < -0.4 is 14.8 Å². The zero-order valence-electron chi connectivity index (χ0n) is 18.8. The van der Waals surface area contributed by atoms with Gasteiger partial charge in [-0.15, -0.1) is 0 Å². The van der Waals surface area contributed by atoms with Crippen molar-refractivity contribution in [2.24, 2.45) is 5.10 Å². The Bertz CT molecular complexity index is 1130. The van der Waals surface area contributed by atoms with Gasteiger partial charge in [-0.05, 0) is 49.7 Å². The highest BCUT2D eigenvalue weighted by atomic mass is 32.2. The minimum absolute atomic E-state index is 0.117. The van der Waals surface area contributed by atoms with E-state index in [0.29, 0.717) is 26.4 Å². The summed E-state index contributed by atoms with van der Waals surface area (Å²) in [6.07, 6.45) is 0.602. The average molecular weight is 506 g/mol. The molecule has 1 atom stereocenters. The second-order valence-corrected chi connectivity index (χ2v) is 9.92. The normalized spacial score (nSPS) is 17.0. The van der Waals surface area contributed by atoms with Gasteiger partial charge in [-0.3, -0.25) is 15.3 Å². The van der Waals surface area contributed by atoms with E-state index in [1.807, 2.05) is 13.8 Å². The number of carbonyl (C=O) groups is 1. The SMILES string of the molecule is COc1ccc(/C=N\N2C(=S)SC(C)(C)[C@H]2N(O)C(=O)Nc2ccc([N+](=O)[O-])cc2)cc1OC. The number of hydroxylamine groups is 2. The highest BCUT2D eigenvalue weighted by Gasteiger charge is 2.50. The molecule has 2 aromatic carbocycles. The van der Waals surface area contributed by atoms with Gasteiger partial charge in [-0.1, -0.05) is 24.0 Å². The Balaban J connectivity index is 1.81. The Labute approximate surface area is 205 Å². The summed E-state index contributed by atoms with van der Waals surface area (Å²) in [6, 6.07) is 9.63. The van der Waals surface area contributed by atoms with Gasteiger partial charge in [-0.25, -0.2) is 9.80 Å². The first kappa shape index (κ1) is 25.2. The van der Waals surface area contributed by atoms with Crippen molar-refractivity contribution < 1.29 is 24.4 Å². The van der Waals surface area contributed by atoms with E-state index in [2.05, 4.69) is 10.4 Å². The van der Waals surface area contributed by atoms with E-state index in [-0.39, 0.29) is 11.4 Å². The second kappa shape index (κ2) is 10.2. The second-order valence-electron chi connectivity index (χ2n) is 7.63. The number of thioether (sulfide) groups is 1. The molecule has 0 spiro atoms. The fourth-order valence-corrected chi connectivity index (χ4v) is 5.03. The van der Waals surface area contributed by atoms with Crippen molar-refractivity contribution in [3.05, 3.63) is 58.1 Å². The van der Waals surface area contributed by atoms with Gasteiger partial charge < -0.3 is 14.8 Å². The number of rotatable bonds is 7. The van der Waals surface area contributed by atoms with Gasteiger partial charge in [0.15, 0.2) is 22.0 Å². The number of hydrazone groups is 1. The molecule has 3 rings (SSSR count). The Hall–Kier alpha value is -3.42. The molecule has 1 fully saturated rings. The smallest absolute Gasteiger partial charge is 0.347 e. The minimum Gasteiger partial charge on any atom is -0.493 e. The average Bonchev–Trinajstić information content (AvgIpc) is 3.04. The van der Waals surface area contributed by atoms with Gasteiger partial charge >= 0.3 is 6.03 Å². The lowest BCUT2D eigenvalue weighted by molar-refractivity contribution is -0.384. The molecule has 1 aliphatic rings. The number of ether oxygens (including phenoxy) is 2. The van der Waals surface area contributed by atoms with Gasteiger partial charge in [0.05, 0.1) is 30.1 Å². The fraction of sp³-hybridized carbons (Fsp3) is 0.286. The fourth-order valence-electron chi connectivity index (χ4n) is 3.25. The van der Waals surface area contributed by atoms with Crippen LogP contribution in [0.5, 0.6) is 11.5 Å². The monoisotopic (exact) mass is 505 g/mol. The first-order valence-corrected chi connectivity index (χ1v) is 11.1. The molecule has 2 amide bonds. The molecule has 0 aliphatic carbocycles. The van der Waals surface area contributed by atoms with Crippen LogP contribution in [0, 0.1) is 10.1 Å². The third-order valence-corrected chi connectivity index (χ3v) is 6.43. The number of thiocarbonyl (C=S) groups is 1. The summed E-state index contributed by atoms with van der Waals surface area (Å²) >= 11 is 6.73. The molecule has 2 N–H and O–H groups in total. The Kier molecular flexibility index (Phi) is 7.59. The molecule has 13 heteroatoms. The molecule has 0 saturated carbocycles. The van der Waals surface area contributed by atoms with Gasteiger partial charge in [0.2, 0.25) is 0 Å². The van der Waals surface area contributed by atoms with Crippen molar-refractivity contribution in [3.63, 3.8) is 0 Å². The van der Waals surface area contributed by atoms with Crippen LogP contribution in [0.3, 0.4) is 0 Å². The van der Waals surface area contributed by atoms with Crippen LogP contribution >= 0.6 is 24.0 Å². The molecule has 0 bridgehead atoms. The molecule has 2 aromatic rings. The molecule has 0 radical (unpaired) electrons. The number of urea groups is 1. The van der Waals surface area contributed by atoms with Gasteiger partial charge in [0, 0.05) is 17.8 Å². The van der Waals surface area contributed by atoms with Crippen LogP contribution in [0.25, 0.3) is 0 Å². The van der Waals surface area contributed by atoms with Gasteiger partial charge in [0.25, 0.3) is 5.69 Å². The topological polar surface area (TPSA) is 130 Å². The number of non-ortho nitro benzene ring substituents is 1. The molecular formula is C21H23N5O6S2. The number of anilines is 1. The van der Waals surface area contributed by atoms with Crippen LogP contribution in [0.2, 0.25) is 0 Å². The van der Waals surface area contributed by atoms with Gasteiger partial charge in [-0.2, -0.15) is 10.2 Å². The van der Waals surface area contributed by atoms with Crippen LogP contribution in [0.15, 0.2) is 47.6 Å². The summed E-state index contributed by atoms with van der Waals surface area (Å²) in [6.45, 7) is 3.64. The summed E-state index contributed by atoms with van der Waals surface area (Å²) in [5, 5.41) is 30.4. The van der Waals surface area contributed by atoms with E-state index in [9.17, 15) is 20.1 Å². The Morgan fingerprint density at radius 2 is 1.91 bits per heavy atom. The molecule has 1 aliphatic heterocycles. The molecule has 1 heterocycles. The summed E-state index contributed by atoms with van der Waals surface area (Å²) in [5.74, 6) is 1.09. The Morgan fingerprint density at radius 1 is 1.26 bits per heavy atom. The maximum absolute atomic E-state index is 12.8. The maximum Gasteiger partial charge on any atom is 0.347 e. The van der Waals surface area contributed by atoms with Crippen molar-refractivity contribution in [1.29, 1.82) is 0 Å². The lowest BCUT2D eigenvalue weighted by atomic mass is 10.1. The molecule has 0 unspecified atom stereocenters. The van der Waals surface area contributed by atoms with Crippen molar-refractivity contribution in [3.8, 4) is 11.5 Å². The number of methoxy groups -OCH3 is 2. The molecular weight excluding hydrogens is 482 g/mol. The van der Waals surface area contributed by atoms with Crippen molar-refractivity contribution in [2.75, 3.05) is 19.5 Å². The van der Waals surface area contributed by atoms with Crippen LogP contribution in [-0.4, -0.2) is 61.9 Å². The van der Waals surface area contributed by atoms with Crippen molar-refractivity contribution in [2.45, 2.75) is 24.8 Å². The van der Waals surface area contributed by atoms with Crippen LogP contribution in [0.4, 0.5) is 16.2 Å². The predicted molar refractivity (Wildman–Crippen MR) is 133 cm³/mol. The number of carbonyl (C=O) groups excluding carboxylic acids is 1. The molecule has 0 aromatic heterocycles. The standard InChI is InChI=1S/C21H23N5O6S2/c1-21(2)18(25(28)19(27)23-14-6-8-15(9-7-14)26(29)30)24(20(33)34-21)22-12-13-5-10-16(31-3)17(11-13)32-4/h5-12,18,28H,1-4H3,(H,23,27)/b22-12-/t18-/m1/s1. The zero-order chi connectivity index (χ0) is 25.0. The zero-order valence-corrected chi connectivity index (χ0v) is 20.4. The van der Waals surface area contributed by atoms with Crippen molar-refractivity contribution >= 4 is 51.9 Å². The van der Waals surface area contributed by atoms with Gasteiger partial charge in [0.1, 0.15) is 0 Å². The van der Waals surface area contributed by atoms with Crippen LogP contribution in [0.1, 0.15) is 19.4 Å². The summed E-state index contributed by atoms with van der Waals surface area (Å²) in [7, 11) is 3.06. The number of nitrogens with one attached hydrogen (secondary N) is 1. The summed E-state index contributed by atoms with van der Waals surface area (Å²) in [5.41, 5.74) is 0.850. The highest BCUT2D eigenvalue weighted by molar-refractivity contribution is 8.24. The van der Waals surface area contributed by atoms with E-state index >= 15 is 0 Å². The number of hydrogen-bond donors (Lipinski definition) is 2. The van der Waals surface area contributed by atoms with E-state index in [4.69, 9.17) is 21.7 Å². The summed E-state index contributed by atoms with van der Waals surface area (Å²) in [4.78, 5) is 23.0. The summed E-state index contributed by atoms with van der Waals surface area (Å²) < 4.78 is 10.2. The number of nitro groups is 1. The van der Waals surface area contributed by atoms with E-state index in [0.717, 1.165) is 0 Å². The van der Waals surface area contributed by atoms with E-state index < -0.39 is 21.9 Å². The first-order chi connectivity index (χ1) is 16.1. The molecule has 11 nitrogen and oxygen atoms in total. The number of amides is 2. The maximum atomic E-state index is 12.8. The largest absolute Gasteiger partial charge is 0.493 e. The Morgan fingerprint density at radius 3 is 2.50 bits per heavy atom. The number of benzene rings is 2. The number of nitrogens with zero attached hydrogens (tertiary/aromatic N) is 4. The van der Waals surface area contributed by atoms with Crippen molar-refractivity contribution in [1.82, 2.24) is 10.1 Å². The minimum atomic E-state index is -0.931. The first-order valence-electron chi connectivity index (χ1n) is 9.89. The lowest BCUT2D eigenvalue weighted by Gasteiger charge is -2.34. The molecule has 1 saturated heterocycles. The number of hydrogen-bond acceptors (Lipinski definition) is 9. The third kappa shape index (κ3) is 5.38. The van der Waals surface area contributed by atoms with E-state index in [1.54, 1.807) is 18.2 Å². The third-order valence-electron chi connectivity index (χ3n) is 4.90. The van der Waals surface area contributed by atoms with E-state index in [1.165, 1.54) is 61.5 Å². The quantitative estimate of drug-likeness (QED) is 0.186. The lowest BCUT2D eigenvalue weighted by Crippen LogP contribution is -2.54. The van der Waals surface area contributed by atoms with Crippen LogP contribution in [-0.2, 0) is 0 Å². The molecule has 180 valence electrons. The molecule has 34 heavy (non-hydrogen) atoms. The number of nitro benzene ring substituents is 1.